The van der Waals surface area contributed by atoms with Gasteiger partial charge in [-0.2, -0.15) is 0 Å². The molecule has 2 fully saturated rings. The molecule has 0 spiro atoms. The lowest BCUT2D eigenvalue weighted by molar-refractivity contribution is -0.175. The number of carbonyl (C=O) groups excluding carboxylic acids is 4. The van der Waals surface area contributed by atoms with Crippen LogP contribution in [0.5, 0.6) is 0 Å². The van der Waals surface area contributed by atoms with Crippen LogP contribution in [0, 0.1) is 22.7 Å². The van der Waals surface area contributed by atoms with Gasteiger partial charge >= 0.3 is 11.9 Å². The molecule has 3 aliphatic carbocycles. The summed E-state index contributed by atoms with van der Waals surface area (Å²) in [6, 6.07) is 0. The molecule has 4 aliphatic rings. The Kier molecular flexibility index (Phi) is 10.4. The summed E-state index contributed by atoms with van der Waals surface area (Å²) < 4.78 is 17.5. The Bertz CT molecular complexity index is 1200. The number of methoxy groups -OCH3 is 1. The van der Waals surface area contributed by atoms with E-state index in [0.717, 1.165) is 25.9 Å². The molecule has 0 radical (unpaired) electrons. The van der Waals surface area contributed by atoms with Gasteiger partial charge in [0.2, 0.25) is 11.6 Å². The third-order valence-electron chi connectivity index (χ3n) is 10.3. The number of ether oxygens (including phenoxy) is 3. The molecule has 7 unspecified atom stereocenters. The van der Waals surface area contributed by atoms with Crippen molar-refractivity contribution in [3.05, 3.63) is 22.9 Å². The number of Topliss-reactive ketones (excluding diaryl/α,β-unsaturated/α-hetero) is 2. The molecule has 7 atom stereocenters. The van der Waals surface area contributed by atoms with Gasteiger partial charge in [-0.1, -0.05) is 13.8 Å². The van der Waals surface area contributed by atoms with Crippen LogP contribution in [0.4, 0.5) is 0 Å². The van der Waals surface area contributed by atoms with E-state index in [1.807, 2.05) is 42.0 Å². The van der Waals surface area contributed by atoms with E-state index in [4.69, 9.17) is 14.2 Å². The number of fused-ring (bicyclic) bond motifs is 4. The Labute approximate surface area is 261 Å². The number of cyclic esters (lactones) is 1. The van der Waals surface area contributed by atoms with Gasteiger partial charge in [0.15, 0.2) is 0 Å². The maximum atomic E-state index is 14.3. The molecule has 44 heavy (non-hydrogen) atoms. The second kappa shape index (κ2) is 13.4. The molecule has 4 rings (SSSR count). The summed E-state index contributed by atoms with van der Waals surface area (Å²) in [7, 11) is 9.51. The van der Waals surface area contributed by atoms with Gasteiger partial charge in [-0.15, -0.1) is 0 Å². The quantitative estimate of drug-likeness (QED) is 0.196. The van der Waals surface area contributed by atoms with E-state index in [1.54, 1.807) is 6.20 Å². The van der Waals surface area contributed by atoms with Crippen LogP contribution in [0.25, 0.3) is 0 Å². The number of ketones is 2. The van der Waals surface area contributed by atoms with Gasteiger partial charge in [0.05, 0.1) is 24.2 Å². The van der Waals surface area contributed by atoms with Crippen molar-refractivity contribution < 1.29 is 38.5 Å². The minimum atomic E-state index is -1.20. The summed E-state index contributed by atoms with van der Waals surface area (Å²) >= 11 is 0. The van der Waals surface area contributed by atoms with Crippen LogP contribution in [-0.2, 0) is 33.4 Å². The largest absolute Gasteiger partial charge is 0.458 e. The first-order valence-corrected chi connectivity index (χ1v) is 15.8. The van der Waals surface area contributed by atoms with Crippen LogP contribution in [0.2, 0.25) is 0 Å². The summed E-state index contributed by atoms with van der Waals surface area (Å²) in [6.45, 7) is 8.05. The van der Waals surface area contributed by atoms with Crippen LogP contribution < -0.4 is 0 Å². The number of nitrogens with zero attached hydrogens (tertiary/aromatic N) is 3. The fraction of sp³-hybridized carbons (Fsp3) is 0.758. The van der Waals surface area contributed by atoms with Crippen molar-refractivity contribution in [1.82, 2.24) is 14.7 Å². The molecule has 11 heteroatoms. The van der Waals surface area contributed by atoms with Gasteiger partial charge in [0, 0.05) is 49.7 Å². The topological polar surface area (TPSA) is 126 Å². The lowest BCUT2D eigenvalue weighted by Gasteiger charge is -2.56. The normalized spacial score (nSPS) is 34.3. The number of hydrogen-bond acceptors (Lipinski definition) is 11. The fourth-order valence-electron chi connectivity index (χ4n) is 8.11. The molecule has 1 saturated carbocycles. The zero-order chi connectivity index (χ0) is 32.6. The molecule has 0 aromatic carbocycles. The summed E-state index contributed by atoms with van der Waals surface area (Å²) in [5.74, 6) is -4.01. The van der Waals surface area contributed by atoms with E-state index in [9.17, 15) is 24.3 Å². The smallest absolute Gasteiger partial charge is 0.336 e. The average molecular weight is 618 g/mol. The molecule has 246 valence electrons. The minimum Gasteiger partial charge on any atom is -0.458 e. The van der Waals surface area contributed by atoms with Crippen molar-refractivity contribution in [2.75, 3.05) is 68.1 Å². The van der Waals surface area contributed by atoms with Gasteiger partial charge in [-0.3, -0.25) is 14.4 Å². The predicted molar refractivity (Wildman–Crippen MR) is 163 cm³/mol. The summed E-state index contributed by atoms with van der Waals surface area (Å²) in [5.41, 5.74) is -0.956. The van der Waals surface area contributed by atoms with E-state index in [2.05, 4.69) is 14.7 Å². The molecule has 0 bridgehead atoms. The monoisotopic (exact) mass is 617 g/mol. The predicted octanol–water partition coefficient (Wildman–Crippen LogP) is 1.83. The molecular formula is C33H51N3O8. The van der Waals surface area contributed by atoms with Gasteiger partial charge in [-0.25, -0.2) is 4.79 Å². The van der Waals surface area contributed by atoms with Crippen molar-refractivity contribution in [3.63, 3.8) is 0 Å². The molecule has 0 amide bonds. The highest BCUT2D eigenvalue weighted by atomic mass is 16.6. The van der Waals surface area contributed by atoms with Crippen LogP contribution in [0.1, 0.15) is 52.9 Å². The van der Waals surface area contributed by atoms with E-state index in [-0.39, 0.29) is 18.1 Å². The summed E-state index contributed by atoms with van der Waals surface area (Å²) in [4.78, 5) is 61.0. The van der Waals surface area contributed by atoms with E-state index in [0.29, 0.717) is 43.5 Å². The van der Waals surface area contributed by atoms with Crippen molar-refractivity contribution >= 4 is 23.5 Å². The standard InChI is InChI=1S/C33H51N3O8/c1-20(37)43-23-17-32(2)22(11-12-24(32)38)26-28(23)33(3)25(19-42-8)44-31(41)21(27(33)30(40)29(26)39)18-36(15-9-13-34(4)5)16-10-14-35(6)7/h18,22-25,27,38H,9-17,19H2,1-8H3. The number of esters is 2. The van der Waals surface area contributed by atoms with E-state index >= 15 is 0 Å². The number of rotatable bonds is 12. The van der Waals surface area contributed by atoms with Crippen LogP contribution in [0.3, 0.4) is 0 Å². The maximum Gasteiger partial charge on any atom is 0.336 e. The molecule has 1 N–H and O–H groups in total. The third-order valence-corrected chi connectivity index (χ3v) is 10.3. The second-order valence-corrected chi connectivity index (χ2v) is 14.0. The van der Waals surface area contributed by atoms with Crippen LogP contribution >= 0.6 is 0 Å². The fourth-order valence-corrected chi connectivity index (χ4v) is 8.11. The van der Waals surface area contributed by atoms with Gasteiger partial charge in [-0.05, 0) is 84.9 Å². The Morgan fingerprint density at radius 2 is 1.64 bits per heavy atom. The SMILES string of the molecule is COCC1OC(=O)C(=CN(CCCN(C)C)CCCN(C)C)C2C(=O)C(=O)C3=C(C(OC(C)=O)CC4(C)C(O)CCC34)C12C. The highest BCUT2D eigenvalue weighted by molar-refractivity contribution is 6.47. The maximum absolute atomic E-state index is 14.3. The second-order valence-electron chi connectivity index (χ2n) is 14.0. The first-order valence-electron chi connectivity index (χ1n) is 15.8. The first-order chi connectivity index (χ1) is 20.7. The average Bonchev–Trinajstić information content (AvgIpc) is 3.22. The lowest BCUT2D eigenvalue weighted by atomic mass is 9.50. The number of allylic oxidation sites excluding steroid dienone is 1. The van der Waals surface area contributed by atoms with Crippen molar-refractivity contribution in [1.29, 1.82) is 0 Å². The zero-order valence-corrected chi connectivity index (χ0v) is 27.7. The molecule has 11 nitrogen and oxygen atoms in total. The van der Waals surface area contributed by atoms with Crippen molar-refractivity contribution in [3.8, 4) is 0 Å². The van der Waals surface area contributed by atoms with Crippen LogP contribution in [0.15, 0.2) is 22.9 Å². The first kappa shape index (κ1) is 34.3. The highest BCUT2D eigenvalue weighted by Gasteiger charge is 2.67. The van der Waals surface area contributed by atoms with E-state index < -0.39 is 58.6 Å². The summed E-state index contributed by atoms with van der Waals surface area (Å²) in [5, 5.41) is 11.0. The summed E-state index contributed by atoms with van der Waals surface area (Å²) in [6.07, 6.45) is 2.24. The molecule has 1 saturated heterocycles. The Morgan fingerprint density at radius 1 is 1.02 bits per heavy atom. The van der Waals surface area contributed by atoms with Crippen molar-refractivity contribution in [2.24, 2.45) is 22.7 Å². The Balaban J connectivity index is 1.88. The number of carbonyl (C=O) groups is 4. The molecular weight excluding hydrogens is 566 g/mol. The third kappa shape index (κ3) is 6.25. The number of aliphatic hydroxyl groups excluding tert-OH is 1. The zero-order valence-electron chi connectivity index (χ0n) is 27.7. The molecule has 0 aromatic rings. The Morgan fingerprint density at radius 3 is 2.18 bits per heavy atom. The van der Waals surface area contributed by atoms with Gasteiger partial charge in [0.1, 0.15) is 12.2 Å². The van der Waals surface area contributed by atoms with Gasteiger partial charge in [0.25, 0.3) is 0 Å². The lowest BCUT2D eigenvalue weighted by Crippen LogP contribution is -2.63. The molecule has 1 heterocycles. The van der Waals surface area contributed by atoms with E-state index in [1.165, 1.54) is 14.0 Å². The molecule has 0 aromatic heterocycles. The van der Waals surface area contributed by atoms with Crippen LogP contribution in [-0.4, -0.2) is 130 Å². The number of aliphatic hydroxyl groups is 1. The highest BCUT2D eigenvalue weighted by Crippen LogP contribution is 2.63. The molecule has 1 aliphatic heterocycles. The minimum absolute atomic E-state index is 0.00297. The Hall–Kier alpha value is -2.60. The van der Waals surface area contributed by atoms with Gasteiger partial charge < -0.3 is 34.0 Å². The van der Waals surface area contributed by atoms with Crippen molar-refractivity contribution in [2.45, 2.75) is 71.2 Å². The number of hydrogen-bond donors (Lipinski definition) is 1.